The van der Waals surface area contributed by atoms with E-state index < -0.39 is 0 Å². The number of halogens is 1. The van der Waals surface area contributed by atoms with Crippen LogP contribution in [0.25, 0.3) is 0 Å². The summed E-state index contributed by atoms with van der Waals surface area (Å²) in [7, 11) is 1.72. The van der Waals surface area contributed by atoms with Gasteiger partial charge in [-0.3, -0.25) is 4.79 Å². The second-order valence-electron chi connectivity index (χ2n) is 3.42. The van der Waals surface area contributed by atoms with Gasteiger partial charge in [-0.2, -0.15) is 0 Å². The summed E-state index contributed by atoms with van der Waals surface area (Å²) in [5.41, 5.74) is 2.03. The molecule has 2 rings (SSSR count). The van der Waals surface area contributed by atoms with Crippen LogP contribution in [0, 0.1) is 12.7 Å². The Hall–Kier alpha value is -1.38. The van der Waals surface area contributed by atoms with Crippen LogP contribution in [0.15, 0.2) is 12.1 Å². The van der Waals surface area contributed by atoms with E-state index in [4.69, 9.17) is 0 Å². The lowest BCUT2D eigenvalue weighted by molar-refractivity contribution is 0.0816. The van der Waals surface area contributed by atoms with Crippen LogP contribution >= 0.6 is 0 Å². The molecule has 0 saturated carbocycles. The Bertz CT molecular complexity index is 387. The molecule has 0 aliphatic carbocycles. The van der Waals surface area contributed by atoms with Gasteiger partial charge in [-0.05, 0) is 24.1 Å². The second-order valence-corrected chi connectivity index (χ2v) is 3.42. The third-order valence-corrected chi connectivity index (χ3v) is 2.37. The minimum absolute atomic E-state index is 0.0890. The number of hydrogen-bond donors (Lipinski definition) is 0. The van der Waals surface area contributed by atoms with E-state index in [0.717, 1.165) is 5.56 Å². The molecule has 1 aliphatic rings. The standard InChI is InChI=1S/C10H10FNO.C2H6/c1-6-3-7-5-12(2)10(13)8(7)4-9(6)11;1-2/h3-4H,5H2,1-2H3;1-2H3. The highest BCUT2D eigenvalue weighted by atomic mass is 19.1. The summed E-state index contributed by atoms with van der Waals surface area (Å²) in [4.78, 5) is 13.0. The first-order valence-electron chi connectivity index (χ1n) is 5.14. The molecule has 1 amide bonds. The van der Waals surface area contributed by atoms with E-state index in [-0.39, 0.29) is 11.7 Å². The van der Waals surface area contributed by atoms with Crippen LogP contribution < -0.4 is 0 Å². The summed E-state index contributed by atoms with van der Waals surface area (Å²) in [6, 6.07) is 3.07. The largest absolute Gasteiger partial charge is 0.337 e. The van der Waals surface area contributed by atoms with Gasteiger partial charge in [-0.1, -0.05) is 19.9 Å². The fraction of sp³-hybridized carbons (Fsp3) is 0.417. The summed E-state index contributed by atoms with van der Waals surface area (Å²) in [5, 5.41) is 0. The number of carbonyl (C=O) groups is 1. The molecule has 0 unspecified atom stereocenters. The molecule has 1 aromatic carbocycles. The van der Waals surface area contributed by atoms with Gasteiger partial charge in [0.25, 0.3) is 5.91 Å². The van der Waals surface area contributed by atoms with Gasteiger partial charge in [-0.15, -0.1) is 0 Å². The van der Waals surface area contributed by atoms with Gasteiger partial charge in [-0.25, -0.2) is 4.39 Å². The quantitative estimate of drug-likeness (QED) is 0.643. The third-order valence-electron chi connectivity index (χ3n) is 2.37. The lowest BCUT2D eigenvalue weighted by Crippen LogP contribution is -2.17. The van der Waals surface area contributed by atoms with Gasteiger partial charge in [0.05, 0.1) is 0 Å². The molecule has 0 saturated heterocycles. The van der Waals surface area contributed by atoms with E-state index in [1.165, 1.54) is 6.07 Å². The fourth-order valence-corrected chi connectivity index (χ4v) is 1.60. The molecule has 1 aliphatic heterocycles. The SMILES string of the molecule is CC.Cc1cc2c(cc1F)C(=O)N(C)C2. The molecule has 0 aromatic heterocycles. The van der Waals surface area contributed by atoms with Gasteiger partial charge >= 0.3 is 0 Å². The van der Waals surface area contributed by atoms with Crippen molar-refractivity contribution in [2.45, 2.75) is 27.3 Å². The molecule has 0 bridgehead atoms. The summed E-state index contributed by atoms with van der Waals surface area (Å²) >= 11 is 0. The number of benzene rings is 1. The van der Waals surface area contributed by atoms with Gasteiger partial charge in [0.1, 0.15) is 5.82 Å². The van der Waals surface area contributed by atoms with Crippen molar-refractivity contribution in [3.63, 3.8) is 0 Å². The Morgan fingerprint density at radius 1 is 1.33 bits per heavy atom. The highest BCUT2D eigenvalue weighted by Gasteiger charge is 2.25. The molecular weight excluding hydrogens is 193 g/mol. The average molecular weight is 209 g/mol. The number of aryl methyl sites for hydroxylation is 1. The zero-order chi connectivity index (χ0) is 11.6. The van der Waals surface area contributed by atoms with E-state index >= 15 is 0 Å². The van der Waals surface area contributed by atoms with Crippen molar-refractivity contribution in [2.24, 2.45) is 0 Å². The second kappa shape index (κ2) is 4.43. The molecule has 82 valence electrons. The van der Waals surface area contributed by atoms with Crippen molar-refractivity contribution >= 4 is 5.91 Å². The van der Waals surface area contributed by atoms with Crippen molar-refractivity contribution in [3.05, 3.63) is 34.6 Å². The molecule has 1 heterocycles. The summed E-state index contributed by atoms with van der Waals surface area (Å²) in [6.45, 7) is 6.30. The van der Waals surface area contributed by atoms with Crippen molar-refractivity contribution in [3.8, 4) is 0 Å². The highest BCUT2D eigenvalue weighted by Crippen LogP contribution is 2.23. The molecular formula is C12H16FNO. The summed E-state index contributed by atoms with van der Waals surface area (Å²) < 4.78 is 13.1. The highest BCUT2D eigenvalue weighted by molar-refractivity contribution is 5.98. The maximum Gasteiger partial charge on any atom is 0.254 e. The Kier molecular flexibility index (Phi) is 3.45. The Morgan fingerprint density at radius 3 is 2.53 bits per heavy atom. The first-order valence-corrected chi connectivity index (χ1v) is 5.14. The number of hydrogen-bond acceptors (Lipinski definition) is 1. The number of fused-ring (bicyclic) bond motifs is 1. The predicted molar refractivity (Wildman–Crippen MR) is 58.3 cm³/mol. The zero-order valence-electron chi connectivity index (χ0n) is 9.60. The number of nitrogens with zero attached hydrogens (tertiary/aromatic N) is 1. The normalized spacial score (nSPS) is 13.4. The topological polar surface area (TPSA) is 20.3 Å². The minimum Gasteiger partial charge on any atom is -0.337 e. The van der Waals surface area contributed by atoms with Crippen LogP contribution in [0.3, 0.4) is 0 Å². The van der Waals surface area contributed by atoms with E-state index in [2.05, 4.69) is 0 Å². The molecule has 0 radical (unpaired) electrons. The van der Waals surface area contributed by atoms with Gasteiger partial charge < -0.3 is 4.90 Å². The Balaban J connectivity index is 0.000000531. The smallest absolute Gasteiger partial charge is 0.254 e. The van der Waals surface area contributed by atoms with E-state index in [9.17, 15) is 9.18 Å². The van der Waals surface area contributed by atoms with Crippen molar-refractivity contribution in [2.75, 3.05) is 7.05 Å². The number of rotatable bonds is 0. The Morgan fingerprint density at radius 2 is 1.93 bits per heavy atom. The predicted octanol–water partition coefficient (Wildman–Crippen LogP) is 2.75. The molecule has 0 fully saturated rings. The van der Waals surface area contributed by atoms with Crippen molar-refractivity contribution in [1.29, 1.82) is 0 Å². The van der Waals surface area contributed by atoms with Gasteiger partial charge in [0.15, 0.2) is 0 Å². The van der Waals surface area contributed by atoms with Crippen LogP contribution in [-0.2, 0) is 6.54 Å². The van der Waals surface area contributed by atoms with Crippen LogP contribution in [0.1, 0.15) is 35.3 Å². The molecule has 0 N–H and O–H groups in total. The molecule has 0 spiro atoms. The van der Waals surface area contributed by atoms with Crippen LogP contribution in [0.4, 0.5) is 4.39 Å². The van der Waals surface area contributed by atoms with E-state index in [1.54, 1.807) is 24.9 Å². The molecule has 15 heavy (non-hydrogen) atoms. The van der Waals surface area contributed by atoms with Crippen molar-refractivity contribution < 1.29 is 9.18 Å². The molecule has 3 heteroatoms. The van der Waals surface area contributed by atoms with Crippen LogP contribution in [-0.4, -0.2) is 17.9 Å². The molecule has 1 aromatic rings. The third kappa shape index (κ3) is 2.01. The first-order chi connectivity index (χ1) is 7.09. The lowest BCUT2D eigenvalue weighted by atomic mass is 10.1. The first kappa shape index (κ1) is 11.7. The summed E-state index contributed by atoms with van der Waals surface area (Å²) in [6.07, 6.45) is 0. The fourth-order valence-electron chi connectivity index (χ4n) is 1.60. The van der Waals surface area contributed by atoms with Gasteiger partial charge in [0, 0.05) is 19.2 Å². The minimum atomic E-state index is -0.303. The zero-order valence-corrected chi connectivity index (χ0v) is 9.60. The van der Waals surface area contributed by atoms with Crippen molar-refractivity contribution in [1.82, 2.24) is 4.90 Å². The average Bonchev–Trinajstić information content (AvgIpc) is 2.49. The van der Waals surface area contributed by atoms with Crippen LogP contribution in [0.5, 0.6) is 0 Å². The Labute approximate surface area is 89.7 Å². The maximum atomic E-state index is 13.1. The molecule has 2 nitrogen and oxygen atoms in total. The lowest BCUT2D eigenvalue weighted by Gasteiger charge is -2.04. The van der Waals surface area contributed by atoms with E-state index in [0.29, 0.717) is 17.7 Å². The monoisotopic (exact) mass is 209 g/mol. The number of amides is 1. The van der Waals surface area contributed by atoms with E-state index in [1.807, 2.05) is 13.8 Å². The maximum absolute atomic E-state index is 13.1. The van der Waals surface area contributed by atoms with Gasteiger partial charge in [0.2, 0.25) is 0 Å². The summed E-state index contributed by atoms with van der Waals surface area (Å²) in [5.74, 6) is -0.392. The molecule has 0 atom stereocenters. The number of carbonyl (C=O) groups excluding carboxylic acids is 1. The van der Waals surface area contributed by atoms with Crippen LogP contribution in [0.2, 0.25) is 0 Å².